The molecule has 0 fully saturated rings. The third kappa shape index (κ3) is 6.68. The number of carbonyl (C=O) groups is 2. The molecule has 9 heteroatoms. The van der Waals surface area contributed by atoms with Gasteiger partial charge in [0, 0.05) is 12.3 Å². The van der Waals surface area contributed by atoms with Crippen LogP contribution < -0.4 is 5.73 Å². The second-order valence-corrected chi connectivity index (χ2v) is 11.1. The number of hydrogen-bond acceptors (Lipinski definition) is 7. The van der Waals surface area contributed by atoms with Gasteiger partial charge in [-0.2, -0.15) is 13.2 Å². The summed E-state index contributed by atoms with van der Waals surface area (Å²) in [5.41, 5.74) is 7.21. The monoisotopic (exact) mass is 505 g/mol. The first kappa shape index (κ1) is 28.5. The minimum absolute atomic E-state index is 0.0619. The van der Waals surface area contributed by atoms with E-state index in [1.807, 2.05) is 13.0 Å². The Bertz CT molecular complexity index is 1070. The van der Waals surface area contributed by atoms with Gasteiger partial charge < -0.3 is 15.2 Å². The molecular weight excluding hydrogens is 468 g/mol. The van der Waals surface area contributed by atoms with Crippen LogP contribution in [-0.2, 0) is 30.9 Å². The lowest BCUT2D eigenvalue weighted by Crippen LogP contribution is -2.66. The lowest BCUT2D eigenvalue weighted by Gasteiger charge is -2.38. The number of nitrogens with two attached hydrogens (primary N) is 1. The number of amides is 1. The Labute approximate surface area is 208 Å². The molecule has 0 bridgehead atoms. The van der Waals surface area contributed by atoms with Crippen molar-refractivity contribution < 1.29 is 31.4 Å². The van der Waals surface area contributed by atoms with E-state index in [0.29, 0.717) is 24.9 Å². The summed E-state index contributed by atoms with van der Waals surface area (Å²) in [4.78, 5) is 26.9. The SMILES string of the molecule is COC(=O)[C@H](CCCCN)[N+](CC(C)C)(C(=O)OCc1ccccc1)S(=O)(=O)c1ccc(C)cc1. The van der Waals surface area contributed by atoms with Gasteiger partial charge in [-0.1, -0.05) is 61.9 Å². The lowest BCUT2D eigenvalue weighted by molar-refractivity contribution is -0.756. The highest BCUT2D eigenvalue weighted by molar-refractivity contribution is 7.86. The predicted molar refractivity (Wildman–Crippen MR) is 134 cm³/mol. The van der Waals surface area contributed by atoms with Gasteiger partial charge >= 0.3 is 22.1 Å². The number of hydrogen-bond donors (Lipinski definition) is 1. The van der Waals surface area contributed by atoms with E-state index in [1.165, 1.54) is 19.2 Å². The molecule has 2 aromatic rings. The normalized spacial score (nSPS) is 14.2. The second-order valence-electron chi connectivity index (χ2n) is 9.02. The van der Waals surface area contributed by atoms with E-state index in [9.17, 15) is 18.0 Å². The molecule has 2 aromatic carbocycles. The van der Waals surface area contributed by atoms with Crippen molar-refractivity contribution >= 4 is 22.1 Å². The third-order valence-corrected chi connectivity index (χ3v) is 8.09. The van der Waals surface area contributed by atoms with Crippen LogP contribution in [0.25, 0.3) is 0 Å². The smallest absolute Gasteiger partial charge is 0.465 e. The van der Waals surface area contributed by atoms with Gasteiger partial charge in [0.05, 0.1) is 7.11 Å². The number of quaternary nitrogens is 1. The Morgan fingerprint density at radius 1 is 1.00 bits per heavy atom. The summed E-state index contributed by atoms with van der Waals surface area (Å²) in [5, 5.41) is 0. The Hall–Kier alpha value is -2.75. The Morgan fingerprint density at radius 3 is 2.17 bits per heavy atom. The molecule has 0 radical (unpaired) electrons. The molecule has 0 heterocycles. The van der Waals surface area contributed by atoms with Crippen LogP contribution in [0.2, 0.25) is 0 Å². The Balaban J connectivity index is 2.71. The Kier molecular flexibility index (Phi) is 10.4. The Morgan fingerprint density at radius 2 is 1.63 bits per heavy atom. The summed E-state index contributed by atoms with van der Waals surface area (Å²) in [6, 6.07) is 13.9. The molecule has 0 aliphatic rings. The molecule has 2 N–H and O–H groups in total. The van der Waals surface area contributed by atoms with E-state index in [0.717, 1.165) is 5.56 Å². The van der Waals surface area contributed by atoms with Crippen LogP contribution in [0.1, 0.15) is 44.2 Å². The van der Waals surface area contributed by atoms with Gasteiger partial charge in [-0.05, 0) is 44.0 Å². The number of unbranched alkanes of at least 4 members (excludes halogenated alkanes) is 1. The zero-order valence-corrected chi connectivity index (χ0v) is 21.8. The fourth-order valence-electron chi connectivity index (χ4n) is 4.08. The van der Waals surface area contributed by atoms with Gasteiger partial charge in [0.25, 0.3) is 0 Å². The van der Waals surface area contributed by atoms with Gasteiger partial charge in [0.15, 0.2) is 0 Å². The number of sulfonamides is 1. The van der Waals surface area contributed by atoms with Crippen molar-refractivity contribution in [1.29, 1.82) is 0 Å². The standard InChI is InChI=1S/C26H37N2O6S/c1-20(2)18-28(24(25(29)33-4)12-8-9-17-27,26(30)34-19-22-10-6-5-7-11-22)35(31,32)23-15-13-21(3)14-16-23/h5-7,10-11,13-16,20,24H,8-9,12,17-19,27H2,1-4H3/q+1/t24-,28?/m0/s1. The first-order valence-corrected chi connectivity index (χ1v) is 13.2. The summed E-state index contributed by atoms with van der Waals surface area (Å²) in [6.07, 6.45) is 0.108. The summed E-state index contributed by atoms with van der Waals surface area (Å²) >= 11 is 0. The molecule has 2 rings (SSSR count). The number of ether oxygens (including phenoxy) is 2. The van der Waals surface area contributed by atoms with Crippen LogP contribution in [0.4, 0.5) is 4.79 Å². The predicted octanol–water partition coefficient (Wildman–Crippen LogP) is 4.16. The molecule has 0 spiro atoms. The number of aryl methyl sites for hydroxylation is 1. The summed E-state index contributed by atoms with van der Waals surface area (Å²) in [6.45, 7) is 5.53. The maximum Gasteiger partial charge on any atom is 0.533 e. The van der Waals surface area contributed by atoms with Gasteiger partial charge in [-0.3, -0.25) is 0 Å². The van der Waals surface area contributed by atoms with Crippen molar-refractivity contribution in [3.8, 4) is 0 Å². The highest BCUT2D eigenvalue weighted by Crippen LogP contribution is 2.34. The largest absolute Gasteiger partial charge is 0.533 e. The zero-order chi connectivity index (χ0) is 26.1. The van der Waals surface area contributed by atoms with Crippen molar-refractivity contribution in [3.63, 3.8) is 0 Å². The average molecular weight is 506 g/mol. The van der Waals surface area contributed by atoms with Crippen LogP contribution in [0.3, 0.4) is 0 Å². The minimum atomic E-state index is -4.44. The lowest BCUT2D eigenvalue weighted by atomic mass is 10.1. The number of benzene rings is 2. The van der Waals surface area contributed by atoms with E-state index in [-0.39, 0.29) is 30.4 Å². The van der Waals surface area contributed by atoms with E-state index >= 15 is 0 Å². The van der Waals surface area contributed by atoms with Crippen molar-refractivity contribution in [2.45, 2.75) is 57.6 Å². The highest BCUT2D eigenvalue weighted by Gasteiger charge is 2.60. The zero-order valence-electron chi connectivity index (χ0n) is 21.0. The van der Waals surface area contributed by atoms with E-state index in [1.54, 1.807) is 50.2 Å². The summed E-state index contributed by atoms with van der Waals surface area (Å²) in [7, 11) is -3.25. The maximum absolute atomic E-state index is 14.3. The summed E-state index contributed by atoms with van der Waals surface area (Å²) in [5.74, 6) is -1.05. The van der Waals surface area contributed by atoms with Gasteiger partial charge in [0.1, 0.15) is 18.0 Å². The number of rotatable bonds is 12. The van der Waals surface area contributed by atoms with E-state index in [2.05, 4.69) is 0 Å². The molecule has 0 aliphatic carbocycles. The van der Waals surface area contributed by atoms with Crippen LogP contribution in [-0.4, -0.2) is 50.6 Å². The van der Waals surface area contributed by atoms with Crippen molar-refractivity contribution in [2.24, 2.45) is 11.7 Å². The average Bonchev–Trinajstić information content (AvgIpc) is 2.84. The molecule has 1 unspecified atom stereocenters. The number of carbonyl (C=O) groups excluding carboxylic acids is 2. The molecular formula is C26H37N2O6S+. The molecule has 1 amide bonds. The highest BCUT2D eigenvalue weighted by atomic mass is 32.2. The first-order chi connectivity index (χ1) is 16.6. The second kappa shape index (κ2) is 12.8. The number of methoxy groups -OCH3 is 1. The molecule has 0 saturated carbocycles. The van der Waals surface area contributed by atoms with Crippen molar-refractivity contribution in [2.75, 3.05) is 20.2 Å². The van der Waals surface area contributed by atoms with Gasteiger partial charge in [-0.25, -0.2) is 4.79 Å². The van der Waals surface area contributed by atoms with Crippen molar-refractivity contribution in [3.05, 3.63) is 65.7 Å². The fraction of sp³-hybridized carbons (Fsp3) is 0.462. The first-order valence-electron chi connectivity index (χ1n) is 11.8. The molecule has 192 valence electrons. The summed E-state index contributed by atoms with van der Waals surface area (Å²) < 4.78 is 38.0. The van der Waals surface area contributed by atoms with Gasteiger partial charge in [0.2, 0.25) is 6.04 Å². The van der Waals surface area contributed by atoms with Gasteiger partial charge in [-0.15, -0.1) is 3.89 Å². The maximum atomic E-state index is 14.3. The van der Waals surface area contributed by atoms with Crippen LogP contribution in [0.5, 0.6) is 0 Å². The molecule has 8 nitrogen and oxygen atoms in total. The molecule has 35 heavy (non-hydrogen) atoms. The van der Waals surface area contributed by atoms with Crippen molar-refractivity contribution in [1.82, 2.24) is 0 Å². The number of nitrogens with zero attached hydrogens (tertiary/aromatic N) is 1. The molecule has 0 aliphatic heterocycles. The fourth-order valence-corrected chi connectivity index (χ4v) is 6.20. The van der Waals surface area contributed by atoms with Crippen LogP contribution >= 0.6 is 0 Å². The quantitative estimate of drug-likeness (QED) is 0.262. The molecule has 0 saturated heterocycles. The molecule has 2 atom stereocenters. The minimum Gasteiger partial charge on any atom is -0.465 e. The van der Waals surface area contributed by atoms with Crippen LogP contribution in [0, 0.1) is 12.8 Å². The number of esters is 1. The third-order valence-electron chi connectivity index (χ3n) is 5.81. The topological polar surface area (TPSA) is 113 Å². The van der Waals surface area contributed by atoms with E-state index in [4.69, 9.17) is 15.2 Å². The molecule has 0 aromatic heterocycles. The van der Waals surface area contributed by atoms with E-state index < -0.39 is 32.0 Å². The van der Waals surface area contributed by atoms with Crippen LogP contribution in [0.15, 0.2) is 59.5 Å².